The number of nitrogen functional groups attached to an aromatic ring is 1. The average Bonchev–Trinajstić information content (AvgIpc) is 2.99. The molecule has 1 unspecified atom stereocenters. The summed E-state index contributed by atoms with van der Waals surface area (Å²) in [6.07, 6.45) is -0.992. The number of carbonyl (C=O) groups excluding carboxylic acids is 1. The summed E-state index contributed by atoms with van der Waals surface area (Å²) >= 11 is 12.2. The first-order valence-corrected chi connectivity index (χ1v) is 8.62. The average molecular weight is 394 g/mol. The monoisotopic (exact) mass is 393 g/mol. The molecule has 26 heavy (non-hydrogen) atoms. The Kier molecular flexibility index (Phi) is 5.36. The van der Waals surface area contributed by atoms with E-state index in [1.165, 1.54) is 7.11 Å². The van der Waals surface area contributed by atoms with E-state index in [1.54, 1.807) is 41.0 Å². The van der Waals surface area contributed by atoms with Crippen LogP contribution in [-0.4, -0.2) is 27.7 Å². The fraction of sp³-hybridized carbons (Fsp3) is 0.222. The molecule has 2 aromatic carbocycles. The van der Waals surface area contributed by atoms with Crippen molar-refractivity contribution in [1.82, 2.24) is 9.55 Å². The number of benzene rings is 2. The Morgan fingerprint density at radius 1 is 1.35 bits per heavy atom. The zero-order valence-corrected chi connectivity index (χ0v) is 15.5. The fourth-order valence-electron chi connectivity index (χ4n) is 2.83. The van der Waals surface area contributed by atoms with Crippen molar-refractivity contribution >= 4 is 45.9 Å². The molecule has 3 N–H and O–H groups in total. The van der Waals surface area contributed by atoms with Gasteiger partial charge in [0.2, 0.25) is 0 Å². The number of rotatable bonds is 5. The standard InChI is InChI=1S/C18H17Cl2N3O3/c1-26-15(24)7-8-23-16-13(21)3-2-4-14(16)22-18(23)17(25)11-6-5-10(19)9-12(11)20/h2-6,9,17,25H,7-8,21H2,1H3. The predicted molar refractivity (Wildman–Crippen MR) is 101 cm³/mol. The Hall–Kier alpha value is -2.28. The topological polar surface area (TPSA) is 90.4 Å². The summed E-state index contributed by atoms with van der Waals surface area (Å²) in [5, 5.41) is 11.7. The predicted octanol–water partition coefficient (Wildman–Crippen LogP) is 3.57. The van der Waals surface area contributed by atoms with Gasteiger partial charge in [-0.2, -0.15) is 0 Å². The van der Waals surface area contributed by atoms with E-state index in [0.29, 0.717) is 38.2 Å². The van der Waals surface area contributed by atoms with Gasteiger partial charge in [0.1, 0.15) is 11.9 Å². The molecule has 0 aliphatic heterocycles. The number of nitrogens with two attached hydrogens (primary N) is 1. The van der Waals surface area contributed by atoms with Crippen LogP contribution in [0.25, 0.3) is 11.0 Å². The summed E-state index contributed by atoms with van der Waals surface area (Å²) in [6.45, 7) is 0.259. The third kappa shape index (κ3) is 3.49. The lowest BCUT2D eigenvalue weighted by molar-refractivity contribution is -0.140. The number of methoxy groups -OCH3 is 1. The van der Waals surface area contributed by atoms with Crippen LogP contribution in [0.5, 0.6) is 0 Å². The molecule has 1 atom stereocenters. The van der Waals surface area contributed by atoms with Gasteiger partial charge in [-0.05, 0) is 24.3 Å². The maximum Gasteiger partial charge on any atom is 0.307 e. The van der Waals surface area contributed by atoms with Crippen molar-refractivity contribution in [2.24, 2.45) is 0 Å². The molecule has 0 saturated heterocycles. The second-order valence-corrected chi connectivity index (χ2v) is 6.57. The number of imidazole rings is 1. The Bertz CT molecular complexity index is 972. The molecule has 0 aliphatic carbocycles. The molecule has 136 valence electrons. The molecular formula is C18H17Cl2N3O3. The fourth-order valence-corrected chi connectivity index (χ4v) is 3.35. The van der Waals surface area contributed by atoms with Crippen molar-refractivity contribution in [3.05, 3.63) is 57.8 Å². The largest absolute Gasteiger partial charge is 0.469 e. The van der Waals surface area contributed by atoms with Crippen LogP contribution in [0.3, 0.4) is 0 Å². The van der Waals surface area contributed by atoms with Crippen molar-refractivity contribution in [2.45, 2.75) is 19.1 Å². The lowest BCUT2D eigenvalue weighted by atomic mass is 10.1. The second kappa shape index (κ2) is 7.53. The van der Waals surface area contributed by atoms with E-state index in [-0.39, 0.29) is 18.9 Å². The van der Waals surface area contributed by atoms with Crippen LogP contribution in [-0.2, 0) is 16.1 Å². The number of aliphatic hydroxyl groups is 1. The van der Waals surface area contributed by atoms with Gasteiger partial charge < -0.3 is 20.1 Å². The maximum absolute atomic E-state index is 11.6. The molecule has 8 heteroatoms. The van der Waals surface area contributed by atoms with E-state index in [4.69, 9.17) is 33.7 Å². The zero-order valence-electron chi connectivity index (χ0n) is 13.9. The number of para-hydroxylation sites is 1. The van der Waals surface area contributed by atoms with Gasteiger partial charge in [0, 0.05) is 22.2 Å². The molecule has 0 saturated carbocycles. The summed E-state index contributed by atoms with van der Waals surface area (Å²) in [5.74, 6) is -0.0302. The zero-order chi connectivity index (χ0) is 18.8. The smallest absolute Gasteiger partial charge is 0.307 e. The maximum atomic E-state index is 11.6. The molecular weight excluding hydrogens is 377 g/mol. The SMILES string of the molecule is COC(=O)CCn1c(C(O)c2ccc(Cl)cc2Cl)nc2cccc(N)c21. The first-order valence-electron chi connectivity index (χ1n) is 7.86. The van der Waals surface area contributed by atoms with Crippen LogP contribution in [0.2, 0.25) is 10.0 Å². The molecule has 0 aliphatic rings. The molecule has 0 spiro atoms. The minimum absolute atomic E-state index is 0.115. The molecule has 1 heterocycles. The number of anilines is 1. The first-order chi connectivity index (χ1) is 12.4. The van der Waals surface area contributed by atoms with Crippen LogP contribution in [0.15, 0.2) is 36.4 Å². The Balaban J connectivity index is 2.11. The normalized spacial score (nSPS) is 12.3. The van der Waals surface area contributed by atoms with Gasteiger partial charge in [-0.25, -0.2) is 4.98 Å². The number of aryl methyl sites for hydroxylation is 1. The molecule has 3 rings (SSSR count). The quantitative estimate of drug-likeness (QED) is 0.510. The number of carbonyl (C=O) groups is 1. The van der Waals surface area contributed by atoms with Gasteiger partial charge in [-0.1, -0.05) is 35.3 Å². The van der Waals surface area contributed by atoms with Crippen molar-refractivity contribution in [3.8, 4) is 0 Å². The Morgan fingerprint density at radius 2 is 2.12 bits per heavy atom. The van der Waals surface area contributed by atoms with Crippen LogP contribution >= 0.6 is 23.2 Å². The lowest BCUT2D eigenvalue weighted by Crippen LogP contribution is -2.14. The number of ether oxygens (including phenoxy) is 1. The summed E-state index contributed by atoms with van der Waals surface area (Å²) in [7, 11) is 1.33. The van der Waals surface area contributed by atoms with Gasteiger partial charge in [0.05, 0.1) is 30.3 Å². The molecule has 0 amide bonds. The molecule has 0 bridgehead atoms. The highest BCUT2D eigenvalue weighted by Crippen LogP contribution is 2.33. The minimum atomic E-state index is -1.11. The van der Waals surface area contributed by atoms with E-state index < -0.39 is 6.10 Å². The number of aliphatic hydroxyl groups excluding tert-OH is 1. The van der Waals surface area contributed by atoms with E-state index in [9.17, 15) is 9.90 Å². The molecule has 3 aromatic rings. The van der Waals surface area contributed by atoms with E-state index in [2.05, 4.69) is 4.98 Å². The van der Waals surface area contributed by atoms with Gasteiger partial charge in [-0.3, -0.25) is 4.79 Å². The van der Waals surface area contributed by atoms with Crippen LogP contribution in [0, 0.1) is 0 Å². The van der Waals surface area contributed by atoms with Gasteiger partial charge in [-0.15, -0.1) is 0 Å². The highest BCUT2D eigenvalue weighted by atomic mass is 35.5. The van der Waals surface area contributed by atoms with Crippen LogP contribution < -0.4 is 5.73 Å². The first kappa shape index (κ1) is 18.5. The summed E-state index contributed by atoms with van der Waals surface area (Å²) in [5.41, 5.74) is 8.33. The van der Waals surface area contributed by atoms with Gasteiger partial charge >= 0.3 is 5.97 Å². The number of halogens is 2. The van der Waals surface area contributed by atoms with Crippen LogP contribution in [0.1, 0.15) is 23.9 Å². The highest BCUT2D eigenvalue weighted by Gasteiger charge is 2.23. The molecule has 6 nitrogen and oxygen atoms in total. The van der Waals surface area contributed by atoms with Crippen molar-refractivity contribution in [3.63, 3.8) is 0 Å². The lowest BCUT2D eigenvalue weighted by Gasteiger charge is -2.16. The van der Waals surface area contributed by atoms with E-state index in [0.717, 1.165) is 0 Å². The van der Waals surface area contributed by atoms with Gasteiger partial charge in [0.15, 0.2) is 0 Å². The third-order valence-electron chi connectivity index (χ3n) is 4.10. The number of aromatic nitrogens is 2. The second-order valence-electron chi connectivity index (χ2n) is 5.73. The third-order valence-corrected chi connectivity index (χ3v) is 4.66. The van der Waals surface area contributed by atoms with Gasteiger partial charge in [0.25, 0.3) is 0 Å². The number of fused-ring (bicyclic) bond motifs is 1. The minimum Gasteiger partial charge on any atom is -0.469 e. The number of hydrogen-bond acceptors (Lipinski definition) is 5. The summed E-state index contributed by atoms with van der Waals surface area (Å²) in [4.78, 5) is 16.1. The summed E-state index contributed by atoms with van der Waals surface area (Å²) < 4.78 is 6.43. The highest BCUT2D eigenvalue weighted by molar-refractivity contribution is 6.35. The molecule has 1 aromatic heterocycles. The van der Waals surface area contributed by atoms with Crippen molar-refractivity contribution in [2.75, 3.05) is 12.8 Å². The number of nitrogens with zero attached hydrogens (tertiary/aromatic N) is 2. The summed E-state index contributed by atoms with van der Waals surface area (Å²) in [6, 6.07) is 10.1. The van der Waals surface area contributed by atoms with E-state index in [1.807, 2.05) is 0 Å². The van der Waals surface area contributed by atoms with Crippen molar-refractivity contribution < 1.29 is 14.6 Å². The molecule has 0 fully saturated rings. The van der Waals surface area contributed by atoms with Crippen molar-refractivity contribution in [1.29, 1.82) is 0 Å². The Morgan fingerprint density at radius 3 is 2.81 bits per heavy atom. The number of esters is 1. The van der Waals surface area contributed by atoms with E-state index >= 15 is 0 Å². The van der Waals surface area contributed by atoms with Crippen LogP contribution in [0.4, 0.5) is 5.69 Å². The molecule has 0 radical (unpaired) electrons. The number of hydrogen-bond donors (Lipinski definition) is 2. The Labute approximate surface area is 160 Å².